The van der Waals surface area contributed by atoms with Gasteiger partial charge in [-0.3, -0.25) is 10.1 Å². The van der Waals surface area contributed by atoms with Crippen LogP contribution in [0.5, 0.6) is 0 Å². The van der Waals surface area contributed by atoms with Gasteiger partial charge in [0.15, 0.2) is 6.61 Å². The molecule has 7 heteroatoms. The molecule has 2 rings (SSSR count). The number of carbonyl (C=O) groups is 3. The number of hydrogen-bond donors (Lipinski definition) is 2. The van der Waals surface area contributed by atoms with Crippen molar-refractivity contribution in [3.63, 3.8) is 0 Å². The Balaban J connectivity index is 1.91. The summed E-state index contributed by atoms with van der Waals surface area (Å²) in [6.07, 6.45) is -0.629. The fraction of sp³-hybridized carbons (Fsp3) is 0.318. The first-order valence-corrected chi connectivity index (χ1v) is 9.17. The van der Waals surface area contributed by atoms with Crippen LogP contribution in [0.3, 0.4) is 0 Å². The Kier molecular flexibility index (Phi) is 6.98. The van der Waals surface area contributed by atoms with Crippen molar-refractivity contribution in [1.29, 1.82) is 0 Å². The van der Waals surface area contributed by atoms with Crippen LogP contribution in [0.4, 0.5) is 16.2 Å². The average Bonchev–Trinajstić information content (AvgIpc) is 2.57. The Hall–Kier alpha value is -3.35. The maximum Gasteiger partial charge on any atom is 0.412 e. The SMILES string of the molecule is Cc1cc(C)cc(NC(=O)COC(=O)c2cccc(NC(=O)OC(C)(C)C)c2)c1. The number of anilines is 2. The van der Waals surface area contributed by atoms with Gasteiger partial charge >= 0.3 is 12.1 Å². The number of aryl methyl sites for hydroxylation is 2. The van der Waals surface area contributed by atoms with Crippen LogP contribution in [-0.4, -0.2) is 30.2 Å². The van der Waals surface area contributed by atoms with Crippen molar-refractivity contribution in [3.05, 3.63) is 59.2 Å². The summed E-state index contributed by atoms with van der Waals surface area (Å²) >= 11 is 0. The third-order valence-corrected chi connectivity index (χ3v) is 3.58. The fourth-order valence-electron chi connectivity index (χ4n) is 2.60. The van der Waals surface area contributed by atoms with Crippen molar-refractivity contribution in [2.75, 3.05) is 17.2 Å². The van der Waals surface area contributed by atoms with E-state index in [1.807, 2.05) is 32.0 Å². The van der Waals surface area contributed by atoms with Crippen LogP contribution in [0.15, 0.2) is 42.5 Å². The van der Waals surface area contributed by atoms with Crippen LogP contribution < -0.4 is 10.6 Å². The third kappa shape index (κ3) is 7.65. The molecule has 2 aromatic rings. The number of ether oxygens (including phenoxy) is 2. The predicted molar refractivity (Wildman–Crippen MR) is 111 cm³/mol. The Morgan fingerprint density at radius 3 is 2.17 bits per heavy atom. The average molecular weight is 398 g/mol. The molecular formula is C22H26N2O5. The second kappa shape index (κ2) is 9.23. The number of benzene rings is 2. The molecule has 0 aliphatic heterocycles. The van der Waals surface area contributed by atoms with E-state index in [9.17, 15) is 14.4 Å². The van der Waals surface area contributed by atoms with Gasteiger partial charge in [0.1, 0.15) is 5.60 Å². The van der Waals surface area contributed by atoms with Gasteiger partial charge in [0.2, 0.25) is 0 Å². The minimum Gasteiger partial charge on any atom is -0.452 e. The highest BCUT2D eigenvalue weighted by molar-refractivity contribution is 5.96. The Labute approximate surface area is 170 Å². The summed E-state index contributed by atoms with van der Waals surface area (Å²) in [6, 6.07) is 11.9. The van der Waals surface area contributed by atoms with Crippen molar-refractivity contribution >= 4 is 29.3 Å². The summed E-state index contributed by atoms with van der Waals surface area (Å²) in [5.41, 5.74) is 2.64. The summed E-state index contributed by atoms with van der Waals surface area (Å²) in [6.45, 7) is 8.70. The van der Waals surface area contributed by atoms with E-state index in [0.717, 1.165) is 11.1 Å². The van der Waals surface area contributed by atoms with E-state index in [-0.39, 0.29) is 5.56 Å². The van der Waals surface area contributed by atoms with Gasteiger partial charge in [-0.15, -0.1) is 0 Å². The number of amides is 2. The number of carbonyl (C=O) groups excluding carboxylic acids is 3. The van der Waals surface area contributed by atoms with Crippen molar-refractivity contribution in [1.82, 2.24) is 0 Å². The molecule has 7 nitrogen and oxygen atoms in total. The van der Waals surface area contributed by atoms with Gasteiger partial charge in [0, 0.05) is 11.4 Å². The second-order valence-corrected chi connectivity index (χ2v) is 7.71. The molecule has 0 bridgehead atoms. The van der Waals surface area contributed by atoms with Gasteiger partial charge in [0.05, 0.1) is 5.56 Å². The molecule has 0 aliphatic carbocycles. The predicted octanol–water partition coefficient (Wildman–Crippen LogP) is 4.45. The van der Waals surface area contributed by atoms with Crippen LogP contribution in [0.25, 0.3) is 0 Å². The van der Waals surface area contributed by atoms with Crippen molar-refractivity contribution in [2.24, 2.45) is 0 Å². The summed E-state index contributed by atoms with van der Waals surface area (Å²) in [7, 11) is 0. The zero-order valence-corrected chi connectivity index (χ0v) is 17.3. The number of hydrogen-bond acceptors (Lipinski definition) is 5. The summed E-state index contributed by atoms with van der Waals surface area (Å²) in [5, 5.41) is 5.25. The first-order chi connectivity index (χ1) is 13.5. The van der Waals surface area contributed by atoms with Gasteiger partial charge in [-0.2, -0.15) is 0 Å². The largest absolute Gasteiger partial charge is 0.452 e. The highest BCUT2D eigenvalue weighted by Gasteiger charge is 2.17. The van der Waals surface area contributed by atoms with E-state index in [1.165, 1.54) is 12.1 Å². The van der Waals surface area contributed by atoms with Gasteiger partial charge in [-0.05, 0) is 76.1 Å². The second-order valence-electron chi connectivity index (χ2n) is 7.71. The normalized spacial score (nSPS) is 10.8. The van der Waals surface area contributed by atoms with Gasteiger partial charge in [-0.1, -0.05) is 12.1 Å². The van der Waals surface area contributed by atoms with Crippen LogP contribution in [0, 0.1) is 13.8 Å². The topological polar surface area (TPSA) is 93.7 Å². The lowest BCUT2D eigenvalue weighted by atomic mass is 10.1. The summed E-state index contributed by atoms with van der Waals surface area (Å²) in [4.78, 5) is 36.1. The molecule has 0 radical (unpaired) electrons. The molecule has 2 N–H and O–H groups in total. The lowest BCUT2D eigenvalue weighted by Gasteiger charge is -2.19. The maximum absolute atomic E-state index is 12.2. The minimum atomic E-state index is -0.673. The van der Waals surface area contributed by atoms with Gasteiger partial charge in [0.25, 0.3) is 5.91 Å². The first-order valence-electron chi connectivity index (χ1n) is 9.17. The van der Waals surface area contributed by atoms with Gasteiger partial charge in [-0.25, -0.2) is 9.59 Å². The number of esters is 1. The molecule has 0 saturated carbocycles. The van der Waals surface area contributed by atoms with Crippen LogP contribution in [0.2, 0.25) is 0 Å². The van der Waals surface area contributed by atoms with E-state index >= 15 is 0 Å². The quantitative estimate of drug-likeness (QED) is 0.726. The smallest absolute Gasteiger partial charge is 0.412 e. The zero-order chi connectivity index (χ0) is 21.6. The molecular weight excluding hydrogens is 372 g/mol. The molecule has 29 heavy (non-hydrogen) atoms. The van der Waals surface area contributed by atoms with E-state index in [4.69, 9.17) is 9.47 Å². The number of rotatable bonds is 5. The Morgan fingerprint density at radius 2 is 1.55 bits per heavy atom. The molecule has 0 unspecified atom stereocenters. The first kappa shape index (κ1) is 21.9. The standard InChI is InChI=1S/C22H26N2O5/c1-14-9-15(2)11-18(10-14)23-19(25)13-28-20(26)16-7-6-8-17(12-16)24-21(27)29-22(3,4)5/h6-12H,13H2,1-5H3,(H,23,25)(H,24,27). The lowest BCUT2D eigenvalue weighted by Crippen LogP contribution is -2.27. The Bertz CT molecular complexity index is 895. The molecule has 154 valence electrons. The van der Waals surface area contributed by atoms with E-state index in [1.54, 1.807) is 32.9 Å². The van der Waals surface area contributed by atoms with Crippen molar-refractivity contribution in [2.45, 2.75) is 40.2 Å². The molecule has 0 fully saturated rings. The van der Waals surface area contributed by atoms with E-state index in [2.05, 4.69) is 10.6 Å². The molecule has 0 spiro atoms. The lowest BCUT2D eigenvalue weighted by molar-refractivity contribution is -0.119. The minimum absolute atomic E-state index is 0.206. The van der Waals surface area contributed by atoms with E-state index in [0.29, 0.717) is 11.4 Å². The van der Waals surface area contributed by atoms with Crippen LogP contribution >= 0.6 is 0 Å². The van der Waals surface area contributed by atoms with Crippen molar-refractivity contribution in [3.8, 4) is 0 Å². The Morgan fingerprint density at radius 1 is 0.897 bits per heavy atom. The van der Waals surface area contributed by atoms with Gasteiger partial charge < -0.3 is 14.8 Å². The molecule has 2 aromatic carbocycles. The van der Waals surface area contributed by atoms with Crippen molar-refractivity contribution < 1.29 is 23.9 Å². The monoisotopic (exact) mass is 398 g/mol. The van der Waals surface area contributed by atoms with Crippen LogP contribution in [0.1, 0.15) is 42.3 Å². The molecule has 0 aromatic heterocycles. The molecule has 0 aliphatic rings. The molecule has 0 atom stereocenters. The summed E-state index contributed by atoms with van der Waals surface area (Å²) < 4.78 is 10.2. The summed E-state index contributed by atoms with van der Waals surface area (Å²) in [5.74, 6) is -1.11. The highest BCUT2D eigenvalue weighted by atomic mass is 16.6. The third-order valence-electron chi connectivity index (χ3n) is 3.58. The van der Waals surface area contributed by atoms with Crippen LogP contribution in [-0.2, 0) is 14.3 Å². The zero-order valence-electron chi connectivity index (χ0n) is 17.3. The fourth-order valence-corrected chi connectivity index (χ4v) is 2.60. The highest BCUT2D eigenvalue weighted by Crippen LogP contribution is 2.15. The number of nitrogens with one attached hydrogen (secondary N) is 2. The molecule has 2 amide bonds. The maximum atomic E-state index is 12.2. The van der Waals surface area contributed by atoms with E-state index < -0.39 is 30.2 Å². The molecule has 0 saturated heterocycles. The molecule has 0 heterocycles.